The third kappa shape index (κ3) is 3.98. The van der Waals surface area contributed by atoms with Crippen molar-refractivity contribution in [3.05, 3.63) is 34.9 Å². The normalized spacial score (nSPS) is 24.8. The van der Waals surface area contributed by atoms with Crippen LogP contribution in [-0.4, -0.2) is 89.5 Å². The van der Waals surface area contributed by atoms with Crippen molar-refractivity contribution in [2.45, 2.75) is 38.5 Å². The van der Waals surface area contributed by atoms with Crippen molar-refractivity contribution < 1.29 is 9.59 Å². The quantitative estimate of drug-likeness (QED) is 0.768. The second-order valence-electron chi connectivity index (χ2n) is 8.09. The number of nitrogens with zero attached hydrogens (tertiary/aromatic N) is 5. The number of hydrogen-bond acceptors (Lipinski definition) is 6. The van der Waals surface area contributed by atoms with Gasteiger partial charge in [-0.1, -0.05) is 43.1 Å². The molecule has 3 amide bonds. The van der Waals surface area contributed by atoms with Crippen LogP contribution in [0.5, 0.6) is 0 Å². The second kappa shape index (κ2) is 8.81. The highest BCUT2D eigenvalue weighted by molar-refractivity contribution is 6.31. The van der Waals surface area contributed by atoms with Gasteiger partial charge in [0.15, 0.2) is 18.2 Å². The number of fused-ring (bicyclic) bond motifs is 1. The molecular formula is C21H29ClN6O2. The van der Waals surface area contributed by atoms with Crippen molar-refractivity contribution in [2.24, 2.45) is 4.99 Å². The molecule has 162 valence electrons. The van der Waals surface area contributed by atoms with Gasteiger partial charge in [0, 0.05) is 44.8 Å². The van der Waals surface area contributed by atoms with Gasteiger partial charge < -0.3 is 14.7 Å². The summed E-state index contributed by atoms with van der Waals surface area (Å²) >= 11 is 6.42. The molecule has 2 saturated heterocycles. The van der Waals surface area contributed by atoms with Gasteiger partial charge in [-0.3, -0.25) is 15.0 Å². The first-order chi connectivity index (χ1) is 14.5. The van der Waals surface area contributed by atoms with Crippen LogP contribution >= 0.6 is 11.6 Å². The van der Waals surface area contributed by atoms with Gasteiger partial charge in [-0.05, 0) is 24.6 Å². The molecule has 1 N–H and O–H groups in total. The average molecular weight is 433 g/mol. The number of likely N-dealkylation sites (N-methyl/N-ethyl adjacent to an activating group) is 1. The number of benzene rings is 1. The van der Waals surface area contributed by atoms with Crippen LogP contribution in [0.2, 0.25) is 5.02 Å². The summed E-state index contributed by atoms with van der Waals surface area (Å²) in [5, 5.41) is 3.12. The highest BCUT2D eigenvalue weighted by atomic mass is 35.5. The molecule has 0 saturated carbocycles. The van der Waals surface area contributed by atoms with Crippen LogP contribution in [0.3, 0.4) is 0 Å². The van der Waals surface area contributed by atoms with Gasteiger partial charge in [0.25, 0.3) is 5.91 Å². The topological polar surface area (TPSA) is 71.5 Å². The number of carbonyl (C=O) groups is 2. The highest BCUT2D eigenvalue weighted by Gasteiger charge is 2.49. The van der Waals surface area contributed by atoms with Gasteiger partial charge in [0.1, 0.15) is 0 Å². The second-order valence-corrected chi connectivity index (χ2v) is 8.50. The van der Waals surface area contributed by atoms with E-state index < -0.39 is 18.2 Å². The van der Waals surface area contributed by atoms with Crippen molar-refractivity contribution in [3.63, 3.8) is 0 Å². The monoisotopic (exact) mass is 432 g/mol. The number of aliphatic imine (C=N–C) groups is 1. The molecule has 0 radical (unpaired) electrons. The Labute approximate surface area is 182 Å². The van der Waals surface area contributed by atoms with E-state index in [-0.39, 0.29) is 5.91 Å². The molecule has 2 fully saturated rings. The Morgan fingerprint density at radius 3 is 2.60 bits per heavy atom. The lowest BCUT2D eigenvalue weighted by atomic mass is 10.1. The van der Waals surface area contributed by atoms with Crippen LogP contribution in [-0.2, 0) is 11.3 Å². The largest absolute Gasteiger partial charge is 0.340 e. The number of amides is 3. The van der Waals surface area contributed by atoms with Crippen molar-refractivity contribution in [2.75, 3.05) is 39.8 Å². The number of guanidine groups is 1. The van der Waals surface area contributed by atoms with Crippen LogP contribution in [0.1, 0.15) is 25.3 Å². The lowest BCUT2D eigenvalue weighted by molar-refractivity contribution is -0.127. The number of unbranched alkanes of at least 4 members (excludes halogenated alkanes) is 1. The van der Waals surface area contributed by atoms with Gasteiger partial charge in [-0.2, -0.15) is 0 Å². The molecule has 0 aromatic heterocycles. The molecule has 9 heteroatoms. The number of urea groups is 1. The van der Waals surface area contributed by atoms with Gasteiger partial charge >= 0.3 is 6.03 Å². The van der Waals surface area contributed by atoms with Crippen molar-refractivity contribution >= 4 is 29.5 Å². The van der Waals surface area contributed by atoms with Crippen LogP contribution < -0.4 is 5.32 Å². The number of nitrogens with one attached hydrogen (secondary N) is 1. The van der Waals surface area contributed by atoms with Gasteiger partial charge in [0.05, 0.1) is 0 Å². The fourth-order valence-corrected chi connectivity index (χ4v) is 4.50. The van der Waals surface area contributed by atoms with E-state index in [1.54, 1.807) is 7.05 Å². The van der Waals surface area contributed by atoms with Crippen LogP contribution in [0.25, 0.3) is 0 Å². The first-order valence-electron chi connectivity index (χ1n) is 10.6. The van der Waals surface area contributed by atoms with E-state index in [1.807, 2.05) is 29.2 Å². The molecule has 0 aliphatic carbocycles. The van der Waals surface area contributed by atoms with Crippen LogP contribution in [0.15, 0.2) is 29.3 Å². The zero-order valence-corrected chi connectivity index (χ0v) is 18.3. The first kappa shape index (κ1) is 20.9. The smallest absolute Gasteiger partial charge is 0.325 e. The Hall–Kier alpha value is -2.32. The summed E-state index contributed by atoms with van der Waals surface area (Å²) < 4.78 is 0. The van der Waals surface area contributed by atoms with Crippen molar-refractivity contribution in [1.82, 2.24) is 24.9 Å². The zero-order chi connectivity index (χ0) is 21.3. The minimum absolute atomic E-state index is 0.310. The summed E-state index contributed by atoms with van der Waals surface area (Å²) in [4.78, 5) is 38.0. The average Bonchev–Trinajstić information content (AvgIpc) is 3.12. The molecule has 8 nitrogen and oxygen atoms in total. The Balaban J connectivity index is 1.58. The maximum Gasteiger partial charge on any atom is 0.325 e. The number of imide groups is 1. The standard InChI is InChI=1S/C21H29ClN6O2/c1-3-4-9-26-10-12-27(13-11-26)20-23-18-17(19(29)24-21(30)25(18)2)28(20)14-15-7-5-6-8-16(15)22/h5-8,17-18H,3-4,9-14H2,1-2H3,(H,24,29,30). The summed E-state index contributed by atoms with van der Waals surface area (Å²) in [5.74, 6) is 0.465. The van der Waals surface area contributed by atoms with E-state index in [2.05, 4.69) is 22.0 Å². The third-order valence-electron chi connectivity index (χ3n) is 6.12. The summed E-state index contributed by atoms with van der Waals surface area (Å²) in [5.41, 5.74) is 0.932. The van der Waals surface area contributed by atoms with Crippen molar-refractivity contribution in [1.29, 1.82) is 0 Å². The lowest BCUT2D eigenvalue weighted by Gasteiger charge is -2.40. The minimum Gasteiger partial charge on any atom is -0.340 e. The molecule has 0 bridgehead atoms. The molecule has 2 atom stereocenters. The van der Waals surface area contributed by atoms with Crippen molar-refractivity contribution in [3.8, 4) is 0 Å². The molecule has 3 aliphatic heterocycles. The Bertz CT molecular complexity index is 839. The molecule has 30 heavy (non-hydrogen) atoms. The maximum absolute atomic E-state index is 12.8. The van der Waals surface area contributed by atoms with E-state index in [0.717, 1.165) is 44.2 Å². The molecule has 4 rings (SSSR count). The number of rotatable bonds is 5. The lowest BCUT2D eigenvalue weighted by Crippen LogP contribution is -2.64. The Kier molecular flexibility index (Phi) is 6.15. The number of halogens is 1. The summed E-state index contributed by atoms with van der Waals surface area (Å²) in [7, 11) is 1.68. The van der Waals surface area contributed by atoms with Gasteiger partial charge in [-0.25, -0.2) is 9.79 Å². The molecule has 1 aromatic carbocycles. The number of carbonyl (C=O) groups excluding carboxylic acids is 2. The van der Waals surface area contributed by atoms with E-state index in [1.165, 1.54) is 17.7 Å². The summed E-state index contributed by atoms with van der Waals surface area (Å²) in [6.07, 6.45) is 1.87. The first-order valence-corrected chi connectivity index (χ1v) is 11.0. The zero-order valence-electron chi connectivity index (χ0n) is 17.6. The third-order valence-corrected chi connectivity index (χ3v) is 6.49. The molecule has 3 heterocycles. The molecule has 1 aromatic rings. The summed E-state index contributed by atoms with van der Waals surface area (Å²) in [6.45, 7) is 7.42. The van der Waals surface area contributed by atoms with E-state index in [4.69, 9.17) is 16.6 Å². The predicted octanol–water partition coefficient (Wildman–Crippen LogP) is 1.81. The van der Waals surface area contributed by atoms with Gasteiger partial charge in [0.2, 0.25) is 0 Å². The number of hydrogen-bond donors (Lipinski definition) is 1. The highest BCUT2D eigenvalue weighted by Crippen LogP contribution is 2.29. The molecule has 2 unspecified atom stereocenters. The predicted molar refractivity (Wildman–Crippen MR) is 116 cm³/mol. The molecule has 3 aliphatic rings. The van der Waals surface area contributed by atoms with E-state index in [0.29, 0.717) is 11.6 Å². The molecular weight excluding hydrogens is 404 g/mol. The summed E-state index contributed by atoms with van der Waals surface area (Å²) in [6, 6.07) is 6.68. The Morgan fingerprint density at radius 1 is 1.17 bits per heavy atom. The van der Waals surface area contributed by atoms with E-state index in [9.17, 15) is 9.59 Å². The van der Waals surface area contributed by atoms with E-state index >= 15 is 0 Å². The SMILES string of the molecule is CCCCN1CCN(C2=NC3C(C(=O)NC(=O)N3C)N2Cc2ccccc2Cl)CC1. The van der Waals surface area contributed by atoms with Crippen LogP contribution in [0.4, 0.5) is 4.79 Å². The molecule has 0 spiro atoms. The fraction of sp³-hybridized carbons (Fsp3) is 0.571. The Morgan fingerprint density at radius 2 is 1.90 bits per heavy atom. The minimum atomic E-state index is -0.558. The van der Waals surface area contributed by atoms with Crippen LogP contribution in [0, 0.1) is 0 Å². The van der Waals surface area contributed by atoms with Gasteiger partial charge in [-0.15, -0.1) is 0 Å². The number of piperazine rings is 1. The maximum atomic E-state index is 12.8. The fourth-order valence-electron chi connectivity index (χ4n) is 4.31.